The summed E-state index contributed by atoms with van der Waals surface area (Å²) in [6.07, 6.45) is 2.35. The first-order valence-corrected chi connectivity index (χ1v) is 5.45. The second-order valence-electron chi connectivity index (χ2n) is 4.38. The highest BCUT2D eigenvalue weighted by Gasteiger charge is 2.17. The van der Waals surface area contributed by atoms with E-state index in [9.17, 15) is 0 Å². The number of rotatable bonds is 1. The largest absolute Gasteiger partial charge is 0.493 e. The molecule has 0 N–H and O–H groups in total. The molecule has 1 heterocycles. The zero-order chi connectivity index (χ0) is 10.1. The van der Waals surface area contributed by atoms with Crippen LogP contribution in [0.1, 0.15) is 42.9 Å². The molecule has 76 valence electrons. The fourth-order valence-electron chi connectivity index (χ4n) is 2.39. The van der Waals surface area contributed by atoms with Gasteiger partial charge in [0.05, 0.1) is 6.61 Å². The zero-order valence-corrected chi connectivity index (χ0v) is 9.26. The molecular formula is C13H18O. The molecule has 0 atom stereocenters. The van der Waals surface area contributed by atoms with Gasteiger partial charge in [0.15, 0.2) is 0 Å². The third-order valence-corrected chi connectivity index (χ3v) is 2.94. The summed E-state index contributed by atoms with van der Waals surface area (Å²) in [7, 11) is 0. The van der Waals surface area contributed by atoms with Crippen molar-refractivity contribution in [1.29, 1.82) is 0 Å². The van der Waals surface area contributed by atoms with Gasteiger partial charge in [-0.3, -0.25) is 0 Å². The van der Waals surface area contributed by atoms with Crippen molar-refractivity contribution in [2.45, 2.75) is 39.5 Å². The van der Waals surface area contributed by atoms with E-state index in [1.54, 1.807) is 0 Å². The Hall–Kier alpha value is -0.980. The van der Waals surface area contributed by atoms with Crippen molar-refractivity contribution in [3.05, 3.63) is 28.8 Å². The lowest BCUT2D eigenvalue weighted by molar-refractivity contribution is 0.287. The molecule has 1 aliphatic rings. The molecule has 1 aliphatic heterocycles. The minimum absolute atomic E-state index is 0.603. The van der Waals surface area contributed by atoms with E-state index >= 15 is 0 Å². The lowest BCUT2D eigenvalue weighted by Gasteiger charge is -2.23. The average Bonchev–Trinajstić information content (AvgIpc) is 2.17. The lowest BCUT2D eigenvalue weighted by atomic mass is 9.89. The van der Waals surface area contributed by atoms with Crippen molar-refractivity contribution in [3.63, 3.8) is 0 Å². The van der Waals surface area contributed by atoms with Gasteiger partial charge in [-0.2, -0.15) is 0 Å². The summed E-state index contributed by atoms with van der Waals surface area (Å²) in [5.74, 6) is 1.72. The molecule has 1 nitrogen and oxygen atoms in total. The number of hydrogen-bond donors (Lipinski definition) is 0. The molecular weight excluding hydrogens is 172 g/mol. The average molecular weight is 190 g/mol. The van der Waals surface area contributed by atoms with Crippen molar-refractivity contribution >= 4 is 0 Å². The van der Waals surface area contributed by atoms with E-state index in [1.165, 1.54) is 23.1 Å². The van der Waals surface area contributed by atoms with Crippen LogP contribution < -0.4 is 4.74 Å². The maximum atomic E-state index is 5.67. The van der Waals surface area contributed by atoms with Crippen LogP contribution in [0.5, 0.6) is 5.75 Å². The molecule has 1 aromatic rings. The number of benzene rings is 1. The molecule has 0 unspecified atom stereocenters. The van der Waals surface area contributed by atoms with Gasteiger partial charge >= 0.3 is 0 Å². The van der Waals surface area contributed by atoms with Gasteiger partial charge in [-0.25, -0.2) is 0 Å². The molecule has 1 aromatic carbocycles. The smallest absolute Gasteiger partial charge is 0.122 e. The Morgan fingerprint density at radius 1 is 1.29 bits per heavy atom. The highest BCUT2D eigenvalue weighted by molar-refractivity contribution is 5.47. The van der Waals surface area contributed by atoms with Crippen molar-refractivity contribution in [1.82, 2.24) is 0 Å². The maximum absolute atomic E-state index is 5.67. The third kappa shape index (κ3) is 1.52. The first kappa shape index (κ1) is 9.57. The van der Waals surface area contributed by atoms with Gasteiger partial charge in [-0.1, -0.05) is 19.9 Å². The van der Waals surface area contributed by atoms with Gasteiger partial charge in [0.1, 0.15) is 5.75 Å². The van der Waals surface area contributed by atoms with E-state index < -0.39 is 0 Å². The standard InChI is InChI=1S/C13H18O/c1-9(2)13-10(3)6-7-12-11(13)5-4-8-14-12/h6-7,9H,4-5,8H2,1-3H3. The Kier molecular flexibility index (Phi) is 2.49. The fourth-order valence-corrected chi connectivity index (χ4v) is 2.39. The highest BCUT2D eigenvalue weighted by atomic mass is 16.5. The normalized spacial score (nSPS) is 15.1. The first-order valence-electron chi connectivity index (χ1n) is 5.45. The van der Waals surface area contributed by atoms with Crippen molar-refractivity contribution in [2.75, 3.05) is 6.61 Å². The SMILES string of the molecule is Cc1ccc2c(c1C(C)C)CCCO2. The number of fused-ring (bicyclic) bond motifs is 1. The van der Waals surface area contributed by atoms with Gasteiger partial charge in [0.2, 0.25) is 0 Å². The summed E-state index contributed by atoms with van der Waals surface area (Å²) in [5.41, 5.74) is 4.36. The van der Waals surface area contributed by atoms with Crippen LogP contribution in [0.25, 0.3) is 0 Å². The van der Waals surface area contributed by atoms with Gasteiger partial charge in [-0.05, 0) is 48.4 Å². The van der Waals surface area contributed by atoms with Crippen LogP contribution in [0, 0.1) is 6.92 Å². The number of aryl methyl sites for hydroxylation is 1. The Morgan fingerprint density at radius 2 is 2.07 bits per heavy atom. The lowest BCUT2D eigenvalue weighted by Crippen LogP contribution is -2.12. The molecule has 0 saturated carbocycles. The van der Waals surface area contributed by atoms with E-state index in [2.05, 4.69) is 32.9 Å². The molecule has 14 heavy (non-hydrogen) atoms. The van der Waals surface area contributed by atoms with Crippen LogP contribution in [0.3, 0.4) is 0 Å². The first-order chi connectivity index (χ1) is 6.70. The Morgan fingerprint density at radius 3 is 2.79 bits per heavy atom. The summed E-state index contributed by atoms with van der Waals surface area (Å²) >= 11 is 0. The highest BCUT2D eigenvalue weighted by Crippen LogP contribution is 2.34. The monoisotopic (exact) mass is 190 g/mol. The second-order valence-corrected chi connectivity index (χ2v) is 4.38. The van der Waals surface area contributed by atoms with Crippen molar-refractivity contribution in [2.24, 2.45) is 0 Å². The second kappa shape index (κ2) is 3.64. The van der Waals surface area contributed by atoms with Crippen molar-refractivity contribution < 1.29 is 4.74 Å². The summed E-state index contributed by atoms with van der Waals surface area (Å²) < 4.78 is 5.67. The number of ether oxygens (including phenoxy) is 1. The van der Waals surface area contributed by atoms with Crippen LogP contribution in [-0.2, 0) is 6.42 Å². The molecule has 0 saturated heterocycles. The molecule has 1 heteroatoms. The van der Waals surface area contributed by atoms with Gasteiger partial charge in [-0.15, -0.1) is 0 Å². The van der Waals surface area contributed by atoms with Gasteiger partial charge < -0.3 is 4.74 Å². The zero-order valence-electron chi connectivity index (χ0n) is 9.26. The molecule has 0 aliphatic carbocycles. The summed E-state index contributed by atoms with van der Waals surface area (Å²) in [6, 6.07) is 4.30. The van der Waals surface area contributed by atoms with E-state index in [1.807, 2.05) is 0 Å². The Labute approximate surface area is 86.1 Å². The minimum atomic E-state index is 0.603. The summed E-state index contributed by atoms with van der Waals surface area (Å²) in [4.78, 5) is 0. The predicted octanol–water partition coefficient (Wildman–Crippen LogP) is 3.44. The Bertz CT molecular complexity index is 339. The molecule has 0 fully saturated rings. The molecule has 0 amide bonds. The quantitative estimate of drug-likeness (QED) is 0.659. The molecule has 0 bridgehead atoms. The molecule has 0 aromatic heterocycles. The van der Waals surface area contributed by atoms with Crippen LogP contribution in [0.4, 0.5) is 0 Å². The van der Waals surface area contributed by atoms with E-state index in [0.717, 1.165) is 18.8 Å². The van der Waals surface area contributed by atoms with E-state index in [-0.39, 0.29) is 0 Å². The van der Waals surface area contributed by atoms with E-state index in [0.29, 0.717) is 5.92 Å². The molecule has 0 spiro atoms. The predicted molar refractivity (Wildman–Crippen MR) is 59.1 cm³/mol. The van der Waals surface area contributed by atoms with Crippen LogP contribution in [0.2, 0.25) is 0 Å². The Balaban J connectivity index is 2.55. The van der Waals surface area contributed by atoms with Gasteiger partial charge in [0.25, 0.3) is 0 Å². The maximum Gasteiger partial charge on any atom is 0.122 e. The molecule has 2 rings (SSSR count). The van der Waals surface area contributed by atoms with Crippen molar-refractivity contribution in [3.8, 4) is 5.75 Å². The van der Waals surface area contributed by atoms with Crippen LogP contribution in [0.15, 0.2) is 12.1 Å². The number of hydrogen-bond acceptors (Lipinski definition) is 1. The van der Waals surface area contributed by atoms with Gasteiger partial charge in [0, 0.05) is 0 Å². The molecule has 0 radical (unpaired) electrons. The summed E-state index contributed by atoms with van der Waals surface area (Å²) in [6.45, 7) is 7.60. The van der Waals surface area contributed by atoms with Crippen LogP contribution in [-0.4, -0.2) is 6.61 Å². The van der Waals surface area contributed by atoms with E-state index in [4.69, 9.17) is 4.74 Å². The third-order valence-electron chi connectivity index (χ3n) is 2.94. The van der Waals surface area contributed by atoms with Crippen LogP contribution >= 0.6 is 0 Å². The minimum Gasteiger partial charge on any atom is -0.493 e. The summed E-state index contributed by atoms with van der Waals surface area (Å²) in [5, 5.41) is 0. The topological polar surface area (TPSA) is 9.23 Å². The fraction of sp³-hybridized carbons (Fsp3) is 0.538.